The zero-order valence-electron chi connectivity index (χ0n) is 10.9. The first-order valence-electron chi connectivity index (χ1n) is 5.68. The van der Waals surface area contributed by atoms with Gasteiger partial charge >= 0.3 is 0 Å². The Morgan fingerprint density at radius 3 is 2.37 bits per heavy atom. The molecule has 0 saturated carbocycles. The van der Waals surface area contributed by atoms with Gasteiger partial charge in [0, 0.05) is 18.1 Å². The molecule has 7 heteroatoms. The van der Waals surface area contributed by atoms with Crippen molar-refractivity contribution in [2.24, 2.45) is 5.92 Å². The van der Waals surface area contributed by atoms with Gasteiger partial charge in [0.1, 0.15) is 0 Å². The van der Waals surface area contributed by atoms with Gasteiger partial charge in [-0.3, -0.25) is 4.79 Å². The highest BCUT2D eigenvalue weighted by molar-refractivity contribution is 7.91. The van der Waals surface area contributed by atoms with Gasteiger partial charge in [-0.25, -0.2) is 8.42 Å². The molecule has 1 N–H and O–H groups in total. The van der Waals surface area contributed by atoms with Gasteiger partial charge in [0.05, 0.1) is 30.6 Å². The van der Waals surface area contributed by atoms with Gasteiger partial charge in [0.2, 0.25) is 5.91 Å². The lowest BCUT2D eigenvalue weighted by Crippen LogP contribution is -2.22. The summed E-state index contributed by atoms with van der Waals surface area (Å²) in [5.41, 5.74) is 0.229. The first-order chi connectivity index (χ1) is 8.89. The molecule has 1 atom stereocenters. The van der Waals surface area contributed by atoms with Crippen LogP contribution in [0.1, 0.15) is 6.92 Å². The number of ether oxygens (including phenoxy) is 2. The first-order valence-corrected chi connectivity index (χ1v) is 7.34. The van der Waals surface area contributed by atoms with Crippen molar-refractivity contribution >= 4 is 21.4 Å². The van der Waals surface area contributed by atoms with Crippen LogP contribution >= 0.6 is 0 Å². The number of methoxy groups -OCH3 is 2. The van der Waals surface area contributed by atoms with Crippen LogP contribution in [-0.2, 0) is 14.6 Å². The summed E-state index contributed by atoms with van der Waals surface area (Å²) in [6.07, 6.45) is 0. The van der Waals surface area contributed by atoms with Crippen molar-refractivity contribution in [3.05, 3.63) is 12.1 Å². The van der Waals surface area contributed by atoms with Crippen LogP contribution in [0.2, 0.25) is 0 Å². The van der Waals surface area contributed by atoms with E-state index >= 15 is 0 Å². The smallest absolute Gasteiger partial charge is 0.228 e. The summed E-state index contributed by atoms with van der Waals surface area (Å²) in [5.74, 6) is -0.467. The Morgan fingerprint density at radius 1 is 1.21 bits per heavy atom. The minimum Gasteiger partial charge on any atom is -0.493 e. The summed E-state index contributed by atoms with van der Waals surface area (Å²) in [6, 6.07) is 2.84. The second-order valence-electron chi connectivity index (χ2n) is 4.38. The van der Waals surface area contributed by atoms with E-state index in [0.717, 1.165) is 0 Å². The predicted molar refractivity (Wildman–Crippen MR) is 69.4 cm³/mol. The molecule has 0 fully saturated rings. The third kappa shape index (κ3) is 2.37. The second kappa shape index (κ2) is 4.73. The fraction of sp³-hybridized carbons (Fsp3) is 0.417. The zero-order chi connectivity index (χ0) is 14.2. The number of amides is 1. The summed E-state index contributed by atoms with van der Waals surface area (Å²) in [4.78, 5) is 11.8. The third-order valence-corrected chi connectivity index (χ3v) is 4.94. The summed E-state index contributed by atoms with van der Waals surface area (Å²) < 4.78 is 34.6. The normalized spacial score (nSPS) is 21.0. The molecule has 19 heavy (non-hydrogen) atoms. The monoisotopic (exact) mass is 285 g/mol. The largest absolute Gasteiger partial charge is 0.493 e. The molecule has 0 radical (unpaired) electrons. The standard InChI is InChI=1S/C12H15NO5S/c1-7-6-19(15,16)11-5-10(18-3)9(17-2)4-8(11)13-12(7)14/h4-5,7H,6H2,1-3H3,(H,13,14). The summed E-state index contributed by atoms with van der Waals surface area (Å²) >= 11 is 0. The Hall–Kier alpha value is -1.76. The quantitative estimate of drug-likeness (QED) is 0.879. The van der Waals surface area contributed by atoms with Crippen LogP contribution in [-0.4, -0.2) is 34.3 Å². The number of carbonyl (C=O) groups excluding carboxylic acids is 1. The predicted octanol–water partition coefficient (Wildman–Crippen LogP) is 1.07. The number of hydrogen-bond acceptors (Lipinski definition) is 5. The molecule has 1 amide bonds. The van der Waals surface area contributed by atoms with Crippen molar-refractivity contribution in [3.8, 4) is 11.5 Å². The average molecular weight is 285 g/mol. The summed E-state index contributed by atoms with van der Waals surface area (Å²) in [5, 5.41) is 2.60. The van der Waals surface area contributed by atoms with Gasteiger partial charge in [-0.2, -0.15) is 0 Å². The molecule has 1 aliphatic heterocycles. The van der Waals surface area contributed by atoms with Crippen LogP contribution < -0.4 is 14.8 Å². The molecular formula is C12H15NO5S. The number of hydrogen-bond donors (Lipinski definition) is 1. The molecule has 1 unspecified atom stereocenters. The number of nitrogens with one attached hydrogen (secondary N) is 1. The van der Waals surface area contributed by atoms with E-state index in [0.29, 0.717) is 11.5 Å². The molecule has 1 aliphatic rings. The lowest BCUT2D eigenvalue weighted by atomic mass is 10.2. The fourth-order valence-electron chi connectivity index (χ4n) is 1.97. The molecule has 1 aromatic carbocycles. The van der Waals surface area contributed by atoms with Crippen molar-refractivity contribution in [2.75, 3.05) is 25.3 Å². The molecule has 2 rings (SSSR count). The molecule has 1 aromatic rings. The number of carbonyl (C=O) groups is 1. The molecule has 0 saturated heterocycles. The molecule has 0 aromatic heterocycles. The Kier molecular flexibility index (Phi) is 3.40. The lowest BCUT2D eigenvalue weighted by Gasteiger charge is -2.12. The zero-order valence-corrected chi connectivity index (χ0v) is 11.7. The fourth-order valence-corrected chi connectivity index (χ4v) is 3.69. The average Bonchev–Trinajstić information content (AvgIpc) is 2.44. The van der Waals surface area contributed by atoms with Crippen LogP contribution in [0.4, 0.5) is 5.69 Å². The van der Waals surface area contributed by atoms with Crippen molar-refractivity contribution in [2.45, 2.75) is 11.8 Å². The molecular weight excluding hydrogens is 270 g/mol. The van der Waals surface area contributed by atoms with Gasteiger partial charge < -0.3 is 14.8 Å². The van der Waals surface area contributed by atoms with E-state index < -0.39 is 15.8 Å². The van der Waals surface area contributed by atoms with Crippen LogP contribution in [0.3, 0.4) is 0 Å². The van der Waals surface area contributed by atoms with Crippen molar-refractivity contribution < 1.29 is 22.7 Å². The highest BCUT2D eigenvalue weighted by Crippen LogP contribution is 2.38. The molecule has 0 aliphatic carbocycles. The Morgan fingerprint density at radius 2 is 1.79 bits per heavy atom. The van der Waals surface area contributed by atoms with E-state index in [1.807, 2.05) is 0 Å². The van der Waals surface area contributed by atoms with E-state index in [4.69, 9.17) is 9.47 Å². The number of benzene rings is 1. The summed E-state index contributed by atoms with van der Waals surface area (Å²) in [6.45, 7) is 1.58. The Balaban J connectivity index is 2.68. The minimum atomic E-state index is -3.54. The van der Waals surface area contributed by atoms with E-state index in [-0.39, 0.29) is 22.2 Å². The Labute approximate surface area is 111 Å². The van der Waals surface area contributed by atoms with Crippen LogP contribution in [0, 0.1) is 5.92 Å². The highest BCUT2D eigenvalue weighted by Gasteiger charge is 2.31. The molecule has 0 bridgehead atoms. The van der Waals surface area contributed by atoms with Crippen LogP contribution in [0.25, 0.3) is 0 Å². The lowest BCUT2D eigenvalue weighted by molar-refractivity contribution is -0.118. The van der Waals surface area contributed by atoms with E-state index in [9.17, 15) is 13.2 Å². The number of anilines is 1. The maximum atomic E-state index is 12.2. The number of fused-ring (bicyclic) bond motifs is 1. The van der Waals surface area contributed by atoms with E-state index in [1.165, 1.54) is 26.4 Å². The van der Waals surface area contributed by atoms with Gasteiger partial charge in [0.25, 0.3) is 0 Å². The van der Waals surface area contributed by atoms with Crippen LogP contribution in [0.5, 0.6) is 11.5 Å². The third-order valence-electron chi connectivity index (χ3n) is 3.00. The van der Waals surface area contributed by atoms with Crippen LogP contribution in [0.15, 0.2) is 17.0 Å². The second-order valence-corrected chi connectivity index (χ2v) is 6.38. The Bertz CT molecular complexity index is 623. The van der Waals surface area contributed by atoms with Gasteiger partial charge in [-0.05, 0) is 0 Å². The SMILES string of the molecule is COc1cc2c(cc1OC)S(=O)(=O)CC(C)C(=O)N2. The number of rotatable bonds is 2. The van der Waals surface area contributed by atoms with E-state index in [2.05, 4.69) is 5.32 Å². The van der Waals surface area contributed by atoms with Gasteiger partial charge in [-0.15, -0.1) is 0 Å². The topological polar surface area (TPSA) is 81.7 Å². The number of sulfone groups is 1. The van der Waals surface area contributed by atoms with Crippen molar-refractivity contribution in [3.63, 3.8) is 0 Å². The van der Waals surface area contributed by atoms with Gasteiger partial charge in [-0.1, -0.05) is 6.92 Å². The molecule has 6 nitrogen and oxygen atoms in total. The maximum absolute atomic E-state index is 12.2. The van der Waals surface area contributed by atoms with Crippen molar-refractivity contribution in [1.82, 2.24) is 0 Å². The van der Waals surface area contributed by atoms with E-state index in [1.54, 1.807) is 6.92 Å². The summed E-state index contributed by atoms with van der Waals surface area (Å²) in [7, 11) is -0.667. The minimum absolute atomic E-state index is 0.0582. The molecule has 104 valence electrons. The maximum Gasteiger partial charge on any atom is 0.228 e. The molecule has 0 spiro atoms. The molecule has 1 heterocycles. The first kappa shape index (κ1) is 13.7. The van der Waals surface area contributed by atoms with Gasteiger partial charge in [0.15, 0.2) is 21.3 Å². The van der Waals surface area contributed by atoms with Crippen molar-refractivity contribution in [1.29, 1.82) is 0 Å². The highest BCUT2D eigenvalue weighted by atomic mass is 32.2.